The topological polar surface area (TPSA) is 23.6 Å². The predicted octanol–water partition coefficient (Wildman–Crippen LogP) is 0.211. The first-order valence-electron chi connectivity index (χ1n) is 4.60. The summed E-state index contributed by atoms with van der Waals surface area (Å²) in [5, 5.41) is 0. The second-order valence-corrected chi connectivity index (χ2v) is 3.59. The highest BCUT2D eigenvalue weighted by Crippen LogP contribution is 2.06. The number of nitrogens with zero attached hydrogens (tertiary/aromatic N) is 2. The molecule has 0 aromatic rings. The predicted molar refractivity (Wildman–Crippen MR) is 49.2 cm³/mol. The van der Waals surface area contributed by atoms with E-state index in [0.29, 0.717) is 12.5 Å². The molecule has 12 heavy (non-hydrogen) atoms. The molecule has 0 N–H and O–H groups in total. The van der Waals surface area contributed by atoms with Gasteiger partial charge in [-0.3, -0.25) is 0 Å². The Hall–Kier alpha value is -0.410. The van der Waals surface area contributed by atoms with Gasteiger partial charge in [0.05, 0.1) is 0 Å². The molecule has 0 aliphatic carbocycles. The monoisotopic (exact) mass is 170 g/mol. The molecule has 3 nitrogen and oxygen atoms in total. The van der Waals surface area contributed by atoms with E-state index in [2.05, 4.69) is 23.8 Å². The Morgan fingerprint density at radius 2 is 2.25 bits per heavy atom. The normalized spacial score (nSPS) is 27.3. The van der Waals surface area contributed by atoms with Gasteiger partial charge in [-0.15, -0.1) is 0 Å². The van der Waals surface area contributed by atoms with E-state index in [1.165, 1.54) is 0 Å². The maximum absolute atomic E-state index is 10.2. The minimum atomic E-state index is 0.630. The zero-order valence-electron chi connectivity index (χ0n) is 7.99. The van der Waals surface area contributed by atoms with Crippen molar-refractivity contribution in [1.82, 2.24) is 9.80 Å². The molecule has 0 bridgehead atoms. The number of hydrogen-bond acceptors (Lipinski definition) is 3. The van der Waals surface area contributed by atoms with Crippen LogP contribution >= 0.6 is 0 Å². The van der Waals surface area contributed by atoms with Crippen LogP contribution in [-0.2, 0) is 4.79 Å². The van der Waals surface area contributed by atoms with Crippen molar-refractivity contribution in [3.05, 3.63) is 0 Å². The van der Waals surface area contributed by atoms with Gasteiger partial charge in [-0.2, -0.15) is 0 Å². The second-order valence-electron chi connectivity index (χ2n) is 3.59. The number of hydrogen-bond donors (Lipinski definition) is 0. The van der Waals surface area contributed by atoms with Crippen molar-refractivity contribution in [2.24, 2.45) is 0 Å². The van der Waals surface area contributed by atoms with Crippen molar-refractivity contribution >= 4 is 6.29 Å². The lowest BCUT2D eigenvalue weighted by atomic mass is 10.2. The lowest BCUT2D eigenvalue weighted by molar-refractivity contribution is -0.108. The van der Waals surface area contributed by atoms with Crippen LogP contribution in [0, 0.1) is 0 Å². The van der Waals surface area contributed by atoms with E-state index in [1.54, 1.807) is 0 Å². The Balaban J connectivity index is 2.25. The second kappa shape index (κ2) is 4.58. The lowest BCUT2D eigenvalue weighted by Crippen LogP contribution is -2.50. The zero-order valence-corrected chi connectivity index (χ0v) is 7.99. The summed E-state index contributed by atoms with van der Waals surface area (Å²) in [6, 6.07) is 0.630. The minimum absolute atomic E-state index is 0.630. The molecule has 0 saturated carbocycles. The molecule has 0 aromatic carbocycles. The summed E-state index contributed by atoms with van der Waals surface area (Å²) in [5.74, 6) is 0. The van der Waals surface area contributed by atoms with Crippen LogP contribution in [0.5, 0.6) is 0 Å². The molecule has 1 aliphatic heterocycles. The van der Waals surface area contributed by atoms with Crippen LogP contribution in [-0.4, -0.2) is 55.4 Å². The van der Waals surface area contributed by atoms with E-state index >= 15 is 0 Å². The molecule has 0 radical (unpaired) electrons. The molecule has 1 saturated heterocycles. The highest BCUT2D eigenvalue weighted by atomic mass is 16.1. The van der Waals surface area contributed by atoms with Gasteiger partial charge in [-0.25, -0.2) is 0 Å². The smallest absolute Gasteiger partial charge is 0.121 e. The number of aldehydes is 1. The Bertz CT molecular complexity index is 149. The van der Waals surface area contributed by atoms with Gasteiger partial charge in [0, 0.05) is 38.6 Å². The van der Waals surface area contributed by atoms with Gasteiger partial charge in [0.15, 0.2) is 0 Å². The molecule has 1 rings (SSSR count). The summed E-state index contributed by atoms with van der Waals surface area (Å²) in [5.41, 5.74) is 0. The zero-order chi connectivity index (χ0) is 8.97. The van der Waals surface area contributed by atoms with Crippen LogP contribution in [0.15, 0.2) is 0 Å². The SMILES string of the molecule is CC1CN(CCC=O)CCN1C. The van der Waals surface area contributed by atoms with Crippen LogP contribution in [0.2, 0.25) is 0 Å². The van der Waals surface area contributed by atoms with E-state index < -0.39 is 0 Å². The highest BCUT2D eigenvalue weighted by molar-refractivity contribution is 5.49. The molecule has 0 spiro atoms. The van der Waals surface area contributed by atoms with Crippen molar-refractivity contribution in [1.29, 1.82) is 0 Å². The number of carbonyl (C=O) groups is 1. The summed E-state index contributed by atoms with van der Waals surface area (Å²) >= 11 is 0. The van der Waals surface area contributed by atoms with Crippen LogP contribution < -0.4 is 0 Å². The summed E-state index contributed by atoms with van der Waals surface area (Å²) in [6.45, 7) is 6.49. The van der Waals surface area contributed by atoms with Gasteiger partial charge in [0.2, 0.25) is 0 Å². The minimum Gasteiger partial charge on any atom is -0.303 e. The average molecular weight is 170 g/mol. The van der Waals surface area contributed by atoms with Gasteiger partial charge in [0.25, 0.3) is 0 Å². The molecule has 1 unspecified atom stereocenters. The largest absolute Gasteiger partial charge is 0.303 e. The molecule has 1 fully saturated rings. The Labute approximate surface area is 74.3 Å². The average Bonchev–Trinajstić information content (AvgIpc) is 2.07. The fourth-order valence-electron chi connectivity index (χ4n) is 1.56. The van der Waals surface area contributed by atoms with E-state index in [4.69, 9.17) is 0 Å². The van der Waals surface area contributed by atoms with Crippen molar-refractivity contribution < 1.29 is 4.79 Å². The third-order valence-electron chi connectivity index (χ3n) is 2.61. The first-order valence-corrected chi connectivity index (χ1v) is 4.60. The first kappa shape index (κ1) is 9.68. The maximum Gasteiger partial charge on any atom is 0.121 e. The molecular weight excluding hydrogens is 152 g/mol. The van der Waals surface area contributed by atoms with Crippen molar-refractivity contribution in [3.63, 3.8) is 0 Å². The van der Waals surface area contributed by atoms with Crippen LogP contribution in [0.25, 0.3) is 0 Å². The first-order chi connectivity index (χ1) is 5.74. The van der Waals surface area contributed by atoms with E-state index in [9.17, 15) is 4.79 Å². The quantitative estimate of drug-likeness (QED) is 0.566. The molecule has 70 valence electrons. The Morgan fingerprint density at radius 3 is 2.83 bits per heavy atom. The van der Waals surface area contributed by atoms with Gasteiger partial charge < -0.3 is 14.6 Å². The third kappa shape index (κ3) is 2.57. The molecule has 1 atom stereocenters. The van der Waals surface area contributed by atoms with Crippen molar-refractivity contribution in [2.45, 2.75) is 19.4 Å². The summed E-state index contributed by atoms with van der Waals surface area (Å²) in [6.07, 6.45) is 1.68. The molecular formula is C9H18N2O. The fraction of sp³-hybridized carbons (Fsp3) is 0.889. The van der Waals surface area contributed by atoms with Crippen molar-refractivity contribution in [3.8, 4) is 0 Å². The van der Waals surface area contributed by atoms with Gasteiger partial charge in [-0.1, -0.05) is 0 Å². The summed E-state index contributed by atoms with van der Waals surface area (Å²) < 4.78 is 0. The molecule has 0 amide bonds. The summed E-state index contributed by atoms with van der Waals surface area (Å²) in [4.78, 5) is 14.9. The van der Waals surface area contributed by atoms with Crippen LogP contribution in [0.3, 0.4) is 0 Å². The standard InChI is InChI=1S/C9H18N2O/c1-9-8-11(4-3-7-12)6-5-10(9)2/h7,9H,3-6,8H2,1-2H3. The Kier molecular flexibility index (Phi) is 3.69. The lowest BCUT2D eigenvalue weighted by Gasteiger charge is -2.37. The van der Waals surface area contributed by atoms with Crippen molar-refractivity contribution in [2.75, 3.05) is 33.2 Å². The van der Waals surface area contributed by atoms with Gasteiger partial charge in [-0.05, 0) is 14.0 Å². The highest BCUT2D eigenvalue weighted by Gasteiger charge is 2.19. The number of likely N-dealkylation sites (N-methyl/N-ethyl adjacent to an activating group) is 1. The molecule has 1 aliphatic rings. The van der Waals surface area contributed by atoms with Crippen LogP contribution in [0.4, 0.5) is 0 Å². The van der Waals surface area contributed by atoms with E-state index in [1.807, 2.05) is 0 Å². The van der Waals surface area contributed by atoms with E-state index in [0.717, 1.165) is 32.5 Å². The fourth-order valence-corrected chi connectivity index (χ4v) is 1.56. The molecule has 0 aromatic heterocycles. The number of rotatable bonds is 3. The van der Waals surface area contributed by atoms with Gasteiger partial charge >= 0.3 is 0 Å². The number of carbonyl (C=O) groups excluding carboxylic acids is 1. The van der Waals surface area contributed by atoms with Crippen LogP contribution in [0.1, 0.15) is 13.3 Å². The molecule has 1 heterocycles. The number of piperazine rings is 1. The Morgan fingerprint density at radius 1 is 1.50 bits per heavy atom. The maximum atomic E-state index is 10.2. The third-order valence-corrected chi connectivity index (χ3v) is 2.61. The summed E-state index contributed by atoms with van der Waals surface area (Å²) in [7, 11) is 2.15. The molecule has 3 heteroatoms. The van der Waals surface area contributed by atoms with Gasteiger partial charge in [0.1, 0.15) is 6.29 Å². The van der Waals surface area contributed by atoms with E-state index in [-0.39, 0.29) is 0 Å².